The Kier molecular flexibility index (Phi) is 29.6. The molecule has 44 heteroatoms. The summed E-state index contributed by atoms with van der Waals surface area (Å²) in [6, 6.07) is 6.87. The number of carbonyl (C=O) groups excluding carboxylic acids is 10. The van der Waals surface area contributed by atoms with Crippen molar-refractivity contribution < 1.29 is 127 Å². The maximum Gasteiger partial charge on any atom is 0.349 e. The monoisotopic (exact) mass is 1820 g/mol. The lowest BCUT2D eigenvalue weighted by molar-refractivity contribution is -0.334. The van der Waals surface area contributed by atoms with Gasteiger partial charge in [-0.25, -0.2) is 10.3 Å². The number of nitrogens with one attached hydrogen (secondary N) is 10. The van der Waals surface area contributed by atoms with Crippen molar-refractivity contribution in [3.05, 3.63) is 174 Å². The van der Waals surface area contributed by atoms with Gasteiger partial charge in [-0.3, -0.25) is 57.4 Å². The van der Waals surface area contributed by atoms with Gasteiger partial charge in [-0.15, -0.1) is 0 Å². The summed E-state index contributed by atoms with van der Waals surface area (Å²) >= 11 is 20.4. The smallest absolute Gasteiger partial charge is 0.349 e. The third kappa shape index (κ3) is 21.5. The molecule has 7 aromatic rings. The molecule has 2 saturated heterocycles. The largest absolute Gasteiger partial charge is 0.508 e. The second-order valence-corrected chi connectivity index (χ2v) is 32.7. The Hall–Kier alpha value is -11.9. The molecule has 10 amide bonds. The number of halogens is 3. The number of rotatable bonds is 23. The van der Waals surface area contributed by atoms with E-state index in [4.69, 9.17) is 79.5 Å². The molecular weight excluding hydrogens is 1730 g/mol. The summed E-state index contributed by atoms with van der Waals surface area (Å²) in [6.07, 6.45) is -18.3. The van der Waals surface area contributed by atoms with Crippen molar-refractivity contribution in [1.29, 1.82) is 0 Å². The average Bonchev–Trinajstić information content (AvgIpc) is 0.764. The fraction of sp³-hybridized carbons (Fsp3) is 0.398. The normalized spacial score (nSPS) is 25.9. The summed E-state index contributed by atoms with van der Waals surface area (Å²) in [7, 11) is 1.46. The molecule has 2 fully saturated rings. The third-order valence-electron chi connectivity index (χ3n) is 21.9. The van der Waals surface area contributed by atoms with Gasteiger partial charge in [0.05, 0.1) is 47.2 Å². The van der Waals surface area contributed by atoms with E-state index < -0.39 is 283 Å². The van der Waals surface area contributed by atoms with Crippen molar-refractivity contribution in [1.82, 2.24) is 57.6 Å². The number of aliphatic hydroxyl groups is 6. The van der Waals surface area contributed by atoms with E-state index in [-0.39, 0.29) is 48.8 Å². The number of carbonyl (C=O) groups is 10. The molecule has 23 N–H and O–H groups in total. The van der Waals surface area contributed by atoms with Crippen LogP contribution in [0.1, 0.15) is 124 Å². The third-order valence-corrected chi connectivity index (χ3v) is 22.7. The second kappa shape index (κ2) is 40.0. The highest BCUT2D eigenvalue weighted by atomic mass is 35.5. The number of hydrogen-bond donors (Lipinski definition) is 21. The molecule has 7 aliphatic heterocycles. The first kappa shape index (κ1) is 94.2. The van der Waals surface area contributed by atoms with Crippen LogP contribution in [0.25, 0.3) is 11.1 Å². The molecule has 1 aromatic heterocycles. The molecule has 41 nitrogen and oxygen atoms in total. The number of nitrogens with two attached hydrogens (primary N) is 2. The van der Waals surface area contributed by atoms with Crippen LogP contribution in [0.5, 0.6) is 46.0 Å². The van der Waals surface area contributed by atoms with Crippen LogP contribution in [-0.4, -0.2) is 220 Å². The van der Waals surface area contributed by atoms with Crippen LogP contribution in [0.3, 0.4) is 0 Å². The van der Waals surface area contributed by atoms with Crippen molar-refractivity contribution in [3.8, 4) is 57.1 Å². The number of phenolic OH excluding ortho intramolecular Hbond substituents is 3. The number of primary amides is 2. The van der Waals surface area contributed by atoms with Crippen LogP contribution in [0, 0.1) is 5.92 Å². The van der Waals surface area contributed by atoms with E-state index >= 15 is 24.0 Å². The molecule has 0 saturated carbocycles. The molecule has 678 valence electrons. The number of aromatic nitrogens is 2. The number of aromatic hydroxyl groups is 3. The minimum Gasteiger partial charge on any atom is -0.508 e. The van der Waals surface area contributed by atoms with Crippen LogP contribution >= 0.6 is 34.8 Å². The first-order valence-corrected chi connectivity index (χ1v) is 40.9. The van der Waals surface area contributed by atoms with Gasteiger partial charge in [0.25, 0.3) is 5.91 Å². The zero-order valence-electron chi connectivity index (χ0n) is 68.4. The Balaban J connectivity index is 1.00. The molecule has 11 bridgehead atoms. The fourth-order valence-corrected chi connectivity index (χ4v) is 15.7. The Morgan fingerprint density at radius 2 is 1.32 bits per heavy atom. The van der Waals surface area contributed by atoms with E-state index in [1.165, 1.54) is 42.9 Å². The Bertz CT molecular complexity index is 5450. The van der Waals surface area contributed by atoms with E-state index in [9.17, 15) is 74.7 Å². The maximum atomic E-state index is 16.3. The second-order valence-electron chi connectivity index (χ2n) is 31.5. The number of hydrogen-bond acceptors (Lipinski definition) is 30. The molecule has 19 atom stereocenters. The number of hydroxylamine groups is 1. The van der Waals surface area contributed by atoms with Crippen LogP contribution in [0.4, 0.5) is 5.82 Å². The number of benzene rings is 6. The zero-order chi connectivity index (χ0) is 92.1. The van der Waals surface area contributed by atoms with Gasteiger partial charge < -0.3 is 134 Å². The summed E-state index contributed by atoms with van der Waals surface area (Å²) < 4.78 is 40.6. The first-order chi connectivity index (χ1) is 60.2. The minimum absolute atomic E-state index is 0.0293. The number of nitrogens with zero attached hydrogens (tertiary/aromatic N) is 2. The maximum absolute atomic E-state index is 16.3. The van der Waals surface area contributed by atoms with Crippen molar-refractivity contribution >= 4 is 99.7 Å². The summed E-state index contributed by atoms with van der Waals surface area (Å²) in [5, 5.41) is 130. The van der Waals surface area contributed by atoms with E-state index in [1.807, 2.05) is 5.48 Å². The topological polar surface area (TPSA) is 625 Å². The number of aliphatic hydroxyl groups excluding tert-OH is 6. The number of anilines is 1. The van der Waals surface area contributed by atoms with Gasteiger partial charge >= 0.3 is 5.69 Å². The SMILES string of the molecule is CN[C@H](CC(C)C)C(=O)N[C@H]1C(=O)N[C@@H](CC(N)=O)C(=O)N[C@H]2C(=O)N[C@H]3C(=O)N[C@H](C(=O)N[C@@H](C(=O)NOCC(N)=O)c4cc(O)cc(O)c4-c4cc3ccc4O)[C@H](O)c3ccc(c(Cl)c3)Oc3cc2cc(c3O[C@@H]2O[C@H](CO)[C@@H](O)[C@H](O)[C@H]2O[C@H]2C[C@](C)(NCCn3ccc(NC(=O)C(C)c4ccc(Cl)cc4)nc3=O)[C@H](O)[C@H](C)O2)Oc2ccc(cc2Cl)[C@H]1O. The molecule has 6 aromatic carbocycles. The standard InChI is InChI=1S/C83H93Cl3N14O27/c1-33(2)21-47(89-6)74(113)97-64-66(107)38-10-15-51(45(85)23-38)123-53-25-40-26-54(70(53)127-81-71(69(110)68(109)55(31-101)125-81)126-59-30-83(5,72(111)35(4)122-59)90-18-20-100-19-17-58(93-82(100)120)92-73(112)34(3)36-7-12-41(84)13-8-36)124-52-16-11-39(24-46(52)86)67(108)65-79(118)96-63(80(119)99-121-32-57(88)106)44-27-42(102)28-50(104)60(44)43-22-37(9-14-49(43)103)61(76(115)98-65)95-77(116)62(40)94-75(114)48(29-56(87)105)91-78(64)117/h7-17,19,22-28,33-35,47-48,55,59,61-69,71-72,81,89-90,101-104,107-111H,18,20-21,29-32H2,1-6H3,(H2,87,105)(H2,88,106)(H,91,117)(H,94,114)(H,95,116)(H,96,118)(H,97,113)(H,98,115)(H,99,119)(H,92,93,112,120)/t34?,35-,47+,48-,55+,59-,61+,62+,63+,64+,65-,66+,67+,68+,69-,71+,72+,81-,83-/m0/s1. The molecule has 7 aliphatic rings. The lowest BCUT2D eigenvalue weighted by atomic mass is 9.85. The highest BCUT2D eigenvalue weighted by Crippen LogP contribution is 2.50. The molecule has 0 radical (unpaired) electrons. The van der Waals surface area contributed by atoms with Crippen LogP contribution in [-0.2, 0) is 73.5 Å². The summed E-state index contributed by atoms with van der Waals surface area (Å²) in [6.45, 7) is 6.27. The first-order valence-electron chi connectivity index (χ1n) is 39.7. The summed E-state index contributed by atoms with van der Waals surface area (Å²) in [5.41, 5.74) is 8.43. The van der Waals surface area contributed by atoms with Gasteiger partial charge in [-0.1, -0.05) is 79.0 Å². The van der Waals surface area contributed by atoms with Gasteiger partial charge in [0.1, 0.15) is 101 Å². The van der Waals surface area contributed by atoms with Gasteiger partial charge in [-0.05, 0) is 146 Å². The molecule has 1 unspecified atom stereocenters. The molecule has 0 aliphatic carbocycles. The Morgan fingerprint density at radius 3 is 1.94 bits per heavy atom. The highest BCUT2D eigenvalue weighted by molar-refractivity contribution is 6.32. The van der Waals surface area contributed by atoms with Gasteiger partial charge in [0.2, 0.25) is 65.2 Å². The number of amides is 10. The van der Waals surface area contributed by atoms with Crippen molar-refractivity contribution in [3.63, 3.8) is 0 Å². The molecule has 14 rings (SSSR count). The molecule has 8 heterocycles. The Morgan fingerprint density at radius 1 is 0.685 bits per heavy atom. The molecular formula is C83H93Cl3N14O27. The number of ether oxygens (including phenoxy) is 6. The Labute approximate surface area is 737 Å². The van der Waals surface area contributed by atoms with Crippen LogP contribution < -0.4 is 84.7 Å². The van der Waals surface area contributed by atoms with E-state index in [1.54, 1.807) is 52.0 Å². The van der Waals surface area contributed by atoms with Crippen LogP contribution in [0.2, 0.25) is 15.1 Å². The molecule has 127 heavy (non-hydrogen) atoms. The van der Waals surface area contributed by atoms with Crippen molar-refractivity contribution in [2.24, 2.45) is 17.4 Å². The van der Waals surface area contributed by atoms with E-state index in [2.05, 4.69) is 52.8 Å². The summed E-state index contributed by atoms with van der Waals surface area (Å²) in [5.74, 6) is -18.4. The summed E-state index contributed by atoms with van der Waals surface area (Å²) in [4.78, 5) is 168. The lowest BCUT2D eigenvalue weighted by Crippen LogP contribution is -2.65. The minimum atomic E-state index is -2.42. The highest BCUT2D eigenvalue weighted by Gasteiger charge is 2.52. The van der Waals surface area contributed by atoms with Gasteiger partial charge in [0.15, 0.2) is 30.5 Å². The predicted molar refractivity (Wildman–Crippen MR) is 446 cm³/mol. The number of phenols is 3. The average molecular weight is 1830 g/mol. The zero-order valence-corrected chi connectivity index (χ0v) is 70.7. The van der Waals surface area contributed by atoms with E-state index in [0.29, 0.717) is 10.6 Å². The van der Waals surface area contributed by atoms with Crippen molar-refractivity contribution in [2.45, 2.75) is 176 Å². The van der Waals surface area contributed by atoms with E-state index in [0.717, 1.165) is 66.7 Å². The lowest BCUT2D eigenvalue weighted by Gasteiger charge is -2.48. The number of fused-ring (bicyclic) bond motifs is 15. The van der Waals surface area contributed by atoms with Gasteiger partial charge in [-0.2, -0.15) is 4.98 Å². The number of likely N-dealkylation sites (N-methyl/N-ethyl adjacent to an activating group) is 1. The van der Waals surface area contributed by atoms with Gasteiger partial charge in [0, 0.05) is 53.5 Å². The van der Waals surface area contributed by atoms with Crippen molar-refractivity contribution in [2.75, 3.05) is 32.1 Å². The quantitative estimate of drug-likeness (QED) is 0.0395. The van der Waals surface area contributed by atoms with Crippen LogP contribution in [0.15, 0.2) is 120 Å². The predicted octanol–water partition coefficient (Wildman–Crippen LogP) is 0.838. The fourth-order valence-electron chi connectivity index (χ4n) is 15.2. The molecule has 0 spiro atoms.